The molecule has 0 fully saturated rings. The first kappa shape index (κ1) is 22.8. The third-order valence-corrected chi connectivity index (χ3v) is 5.29. The molecule has 8 nitrogen and oxygen atoms in total. The molecule has 0 atom stereocenters. The van der Waals surface area contributed by atoms with Crippen LogP contribution in [0.2, 0.25) is 5.02 Å². The number of ether oxygens (including phenoxy) is 3. The second kappa shape index (κ2) is 10.9. The zero-order valence-electron chi connectivity index (χ0n) is 16.1. The highest BCUT2D eigenvalue weighted by Gasteiger charge is 2.17. The van der Waals surface area contributed by atoms with Crippen LogP contribution in [0.25, 0.3) is 0 Å². The van der Waals surface area contributed by atoms with Gasteiger partial charge in [-0.05, 0) is 49.4 Å². The molecular weight excluding hydrogens is 420 g/mol. The Kier molecular flexibility index (Phi) is 8.56. The van der Waals surface area contributed by atoms with E-state index in [4.69, 9.17) is 25.8 Å². The molecule has 0 saturated carbocycles. The summed E-state index contributed by atoms with van der Waals surface area (Å²) in [5.74, 6) is 0.506. The number of amides is 1. The first-order chi connectivity index (χ1) is 13.9. The van der Waals surface area contributed by atoms with Crippen molar-refractivity contribution in [1.82, 2.24) is 5.32 Å². The molecule has 1 amide bonds. The second-order valence-electron chi connectivity index (χ2n) is 5.79. The van der Waals surface area contributed by atoms with Gasteiger partial charge in [-0.25, -0.2) is 8.42 Å². The molecule has 10 heteroatoms. The fourth-order valence-electron chi connectivity index (χ4n) is 2.25. The number of halogens is 1. The smallest absolute Gasteiger partial charge is 0.261 e. The van der Waals surface area contributed by atoms with Crippen molar-refractivity contribution in [3.8, 4) is 11.5 Å². The number of methoxy groups -OCH3 is 1. The van der Waals surface area contributed by atoms with E-state index >= 15 is 0 Å². The van der Waals surface area contributed by atoms with Crippen LogP contribution in [0.5, 0.6) is 11.5 Å². The highest BCUT2D eigenvalue weighted by Crippen LogP contribution is 2.28. The molecular formula is C19H23ClN2O6S. The lowest BCUT2D eigenvalue weighted by Crippen LogP contribution is -2.31. The van der Waals surface area contributed by atoms with Gasteiger partial charge >= 0.3 is 0 Å². The van der Waals surface area contributed by atoms with Crippen LogP contribution in [0.3, 0.4) is 0 Å². The molecule has 158 valence electrons. The molecule has 0 aliphatic heterocycles. The number of sulfonamides is 1. The molecule has 0 unspecified atom stereocenters. The summed E-state index contributed by atoms with van der Waals surface area (Å²) >= 11 is 6.12. The highest BCUT2D eigenvalue weighted by atomic mass is 35.5. The highest BCUT2D eigenvalue weighted by molar-refractivity contribution is 7.92. The Morgan fingerprint density at radius 2 is 1.83 bits per heavy atom. The first-order valence-corrected chi connectivity index (χ1v) is 10.7. The number of rotatable bonds is 11. The predicted molar refractivity (Wildman–Crippen MR) is 110 cm³/mol. The van der Waals surface area contributed by atoms with Gasteiger partial charge in [0.25, 0.3) is 15.9 Å². The number of anilines is 1. The van der Waals surface area contributed by atoms with Crippen molar-refractivity contribution in [2.45, 2.75) is 11.8 Å². The van der Waals surface area contributed by atoms with E-state index in [2.05, 4.69) is 10.0 Å². The summed E-state index contributed by atoms with van der Waals surface area (Å²) in [4.78, 5) is 11.6. The van der Waals surface area contributed by atoms with E-state index in [0.29, 0.717) is 31.2 Å². The molecule has 29 heavy (non-hydrogen) atoms. The maximum atomic E-state index is 12.6. The van der Waals surface area contributed by atoms with Gasteiger partial charge in [0.2, 0.25) is 0 Å². The van der Waals surface area contributed by atoms with Crippen LogP contribution in [-0.2, 0) is 19.6 Å². The first-order valence-electron chi connectivity index (χ1n) is 8.79. The summed E-state index contributed by atoms with van der Waals surface area (Å²) in [7, 11) is -2.32. The Bertz CT molecular complexity index is 919. The van der Waals surface area contributed by atoms with Crippen LogP contribution in [0.15, 0.2) is 47.4 Å². The fourth-order valence-corrected chi connectivity index (χ4v) is 3.64. The maximum Gasteiger partial charge on any atom is 0.261 e. The number of hydrogen-bond donors (Lipinski definition) is 2. The molecule has 0 heterocycles. The molecule has 2 aromatic rings. The van der Waals surface area contributed by atoms with Gasteiger partial charge in [0.15, 0.2) is 6.61 Å². The normalized spacial score (nSPS) is 11.0. The van der Waals surface area contributed by atoms with Gasteiger partial charge in [-0.15, -0.1) is 0 Å². The molecule has 2 rings (SSSR count). The average molecular weight is 443 g/mol. The Morgan fingerprint density at radius 3 is 2.45 bits per heavy atom. The van der Waals surface area contributed by atoms with Crippen LogP contribution in [0.4, 0.5) is 5.69 Å². The number of hydrogen-bond acceptors (Lipinski definition) is 6. The predicted octanol–water partition coefficient (Wildman–Crippen LogP) is 2.68. The van der Waals surface area contributed by atoms with Gasteiger partial charge in [-0.1, -0.05) is 11.6 Å². The van der Waals surface area contributed by atoms with Crippen LogP contribution in [0.1, 0.15) is 6.92 Å². The third-order valence-electron chi connectivity index (χ3n) is 3.62. The third kappa shape index (κ3) is 7.12. The van der Waals surface area contributed by atoms with Gasteiger partial charge in [-0.3, -0.25) is 9.52 Å². The summed E-state index contributed by atoms with van der Waals surface area (Å²) in [6.45, 7) is 2.88. The van der Waals surface area contributed by atoms with Crippen LogP contribution >= 0.6 is 11.6 Å². The topological polar surface area (TPSA) is 103 Å². The fraction of sp³-hybridized carbons (Fsp3) is 0.316. The van der Waals surface area contributed by atoms with Crippen molar-refractivity contribution in [1.29, 1.82) is 0 Å². The maximum absolute atomic E-state index is 12.6. The lowest BCUT2D eigenvalue weighted by Gasteiger charge is -2.12. The SMILES string of the molecule is CCOc1ccc(NS(=O)(=O)c2ccc(OCC(=O)NCCOC)c(Cl)c2)cc1. The van der Waals surface area contributed by atoms with Crippen molar-refractivity contribution in [2.75, 3.05) is 38.2 Å². The molecule has 0 aromatic heterocycles. The quantitative estimate of drug-likeness (QED) is 0.518. The Labute approximate surface area is 175 Å². The van der Waals surface area contributed by atoms with Crippen molar-refractivity contribution in [2.24, 2.45) is 0 Å². The van der Waals surface area contributed by atoms with Crippen molar-refractivity contribution >= 4 is 33.2 Å². The Hall–Kier alpha value is -2.49. The summed E-state index contributed by atoms with van der Waals surface area (Å²) < 4.78 is 43.1. The van der Waals surface area contributed by atoms with Gasteiger partial charge in [0.1, 0.15) is 11.5 Å². The molecule has 0 aliphatic rings. The van der Waals surface area contributed by atoms with Gasteiger partial charge < -0.3 is 19.5 Å². The zero-order valence-corrected chi connectivity index (χ0v) is 17.7. The number of benzene rings is 2. The minimum atomic E-state index is -3.85. The summed E-state index contributed by atoms with van der Waals surface area (Å²) in [5.41, 5.74) is 0.387. The minimum Gasteiger partial charge on any atom is -0.494 e. The van der Waals surface area contributed by atoms with E-state index < -0.39 is 10.0 Å². The largest absolute Gasteiger partial charge is 0.494 e. The molecule has 0 saturated heterocycles. The van der Waals surface area contributed by atoms with Crippen molar-refractivity contribution in [3.63, 3.8) is 0 Å². The number of carbonyl (C=O) groups is 1. The van der Waals surface area contributed by atoms with E-state index in [9.17, 15) is 13.2 Å². The number of nitrogens with one attached hydrogen (secondary N) is 2. The summed E-state index contributed by atoms with van der Waals surface area (Å²) in [6, 6.07) is 10.6. The molecule has 2 aromatic carbocycles. The lowest BCUT2D eigenvalue weighted by molar-refractivity contribution is -0.123. The molecule has 0 spiro atoms. The van der Waals surface area contributed by atoms with Gasteiger partial charge in [0, 0.05) is 19.3 Å². The molecule has 0 aliphatic carbocycles. The van der Waals surface area contributed by atoms with E-state index in [-0.39, 0.29) is 28.2 Å². The monoisotopic (exact) mass is 442 g/mol. The van der Waals surface area contributed by atoms with E-state index in [1.165, 1.54) is 25.3 Å². The average Bonchev–Trinajstić information content (AvgIpc) is 2.68. The zero-order chi connectivity index (χ0) is 21.3. The van der Waals surface area contributed by atoms with E-state index in [1.807, 2.05) is 6.92 Å². The molecule has 0 radical (unpaired) electrons. The Balaban J connectivity index is 2.01. The summed E-state index contributed by atoms with van der Waals surface area (Å²) in [6.07, 6.45) is 0. The van der Waals surface area contributed by atoms with E-state index in [0.717, 1.165) is 0 Å². The van der Waals surface area contributed by atoms with Crippen LogP contribution in [-0.4, -0.2) is 47.8 Å². The van der Waals surface area contributed by atoms with Crippen LogP contribution < -0.4 is 19.5 Å². The minimum absolute atomic E-state index is 0.0340. The Morgan fingerprint density at radius 1 is 1.10 bits per heavy atom. The van der Waals surface area contributed by atoms with Gasteiger partial charge in [0.05, 0.1) is 23.1 Å². The summed E-state index contributed by atoms with van der Waals surface area (Å²) in [5, 5.41) is 2.67. The molecule has 0 bridgehead atoms. The van der Waals surface area contributed by atoms with Crippen molar-refractivity contribution < 1.29 is 27.4 Å². The van der Waals surface area contributed by atoms with E-state index in [1.54, 1.807) is 24.3 Å². The second-order valence-corrected chi connectivity index (χ2v) is 7.88. The van der Waals surface area contributed by atoms with Crippen molar-refractivity contribution in [3.05, 3.63) is 47.5 Å². The van der Waals surface area contributed by atoms with Gasteiger partial charge in [-0.2, -0.15) is 0 Å². The standard InChI is InChI=1S/C19H23ClN2O6S/c1-3-27-15-6-4-14(5-7-15)22-29(24,25)16-8-9-18(17(20)12-16)28-13-19(23)21-10-11-26-2/h4-9,12,22H,3,10-11,13H2,1-2H3,(H,21,23). The molecule has 2 N–H and O–H groups in total. The lowest BCUT2D eigenvalue weighted by atomic mass is 10.3. The van der Waals surface area contributed by atoms with Crippen LogP contribution in [0, 0.1) is 0 Å². The number of carbonyl (C=O) groups excluding carboxylic acids is 1.